The number of ketones is 1. The minimum absolute atomic E-state index is 0.124. The predicted molar refractivity (Wildman–Crippen MR) is 79.6 cm³/mol. The zero-order chi connectivity index (χ0) is 14.5. The molecule has 0 spiro atoms. The number of rotatable bonds is 6. The van der Waals surface area contributed by atoms with Crippen LogP contribution in [0.5, 0.6) is 0 Å². The summed E-state index contributed by atoms with van der Waals surface area (Å²) in [5.74, 6) is 0.152. The van der Waals surface area contributed by atoms with Crippen LogP contribution < -0.4 is 5.32 Å². The third-order valence-corrected chi connectivity index (χ3v) is 2.92. The van der Waals surface area contributed by atoms with Gasteiger partial charge in [0.05, 0.1) is 6.10 Å². The Morgan fingerprint density at radius 1 is 1.26 bits per heavy atom. The van der Waals surface area contributed by atoms with Crippen molar-refractivity contribution in [2.75, 3.05) is 11.9 Å². The minimum Gasteiger partial charge on any atom is -0.391 e. The number of carbonyl (C=O) groups is 1. The first-order valence-electron chi connectivity index (χ1n) is 6.87. The Hall–Kier alpha value is -1.35. The summed E-state index contributed by atoms with van der Waals surface area (Å²) in [4.78, 5) is 11.5. The van der Waals surface area contributed by atoms with Crippen LogP contribution in [0.2, 0.25) is 0 Å². The van der Waals surface area contributed by atoms with Crippen molar-refractivity contribution in [1.29, 1.82) is 0 Å². The van der Waals surface area contributed by atoms with Gasteiger partial charge in [-0.3, -0.25) is 4.79 Å². The Labute approximate surface area is 116 Å². The second-order valence-electron chi connectivity index (χ2n) is 6.15. The van der Waals surface area contributed by atoms with Crippen LogP contribution in [-0.2, 0) is 0 Å². The summed E-state index contributed by atoms with van der Waals surface area (Å²) in [6.45, 7) is 8.72. The summed E-state index contributed by atoms with van der Waals surface area (Å²) >= 11 is 0. The van der Waals surface area contributed by atoms with Gasteiger partial charge in [-0.1, -0.05) is 27.7 Å². The maximum Gasteiger partial charge on any atom is 0.162 e. The van der Waals surface area contributed by atoms with Crippen molar-refractivity contribution in [2.24, 2.45) is 5.41 Å². The van der Waals surface area contributed by atoms with Gasteiger partial charge in [0.2, 0.25) is 0 Å². The molecular weight excluding hydrogens is 238 g/mol. The first kappa shape index (κ1) is 15.7. The van der Waals surface area contributed by atoms with Crippen molar-refractivity contribution < 1.29 is 9.90 Å². The highest BCUT2D eigenvalue weighted by atomic mass is 16.3. The van der Waals surface area contributed by atoms with Gasteiger partial charge in [0.25, 0.3) is 0 Å². The number of aliphatic hydroxyl groups excluding tert-OH is 1. The molecule has 0 radical (unpaired) electrons. The largest absolute Gasteiger partial charge is 0.391 e. The number of hydrogen-bond donors (Lipinski definition) is 2. The van der Waals surface area contributed by atoms with Crippen LogP contribution in [0.3, 0.4) is 0 Å². The van der Waals surface area contributed by atoms with Gasteiger partial charge in [-0.2, -0.15) is 0 Å². The van der Waals surface area contributed by atoms with E-state index in [-0.39, 0.29) is 17.3 Å². The molecule has 0 bridgehead atoms. The number of nitrogens with one attached hydrogen (secondary N) is 1. The molecule has 0 saturated heterocycles. The van der Waals surface area contributed by atoms with Gasteiger partial charge in [0.1, 0.15) is 0 Å². The Morgan fingerprint density at radius 2 is 1.84 bits per heavy atom. The van der Waals surface area contributed by atoms with E-state index in [1.165, 1.54) is 0 Å². The molecule has 2 N–H and O–H groups in total. The first-order chi connectivity index (χ1) is 8.81. The predicted octanol–water partition coefficient (Wildman–Crippen LogP) is 3.49. The minimum atomic E-state index is -0.364. The summed E-state index contributed by atoms with van der Waals surface area (Å²) < 4.78 is 0. The smallest absolute Gasteiger partial charge is 0.162 e. The molecule has 3 heteroatoms. The van der Waals surface area contributed by atoms with Gasteiger partial charge in [0.15, 0.2) is 5.78 Å². The molecular formula is C16H25NO2. The normalized spacial score (nSPS) is 13.1. The van der Waals surface area contributed by atoms with Crippen LogP contribution in [-0.4, -0.2) is 23.5 Å². The monoisotopic (exact) mass is 263 g/mol. The Balaban J connectivity index is 2.48. The molecule has 3 nitrogen and oxygen atoms in total. The van der Waals surface area contributed by atoms with Gasteiger partial charge < -0.3 is 10.4 Å². The number of aliphatic hydroxyl groups is 1. The van der Waals surface area contributed by atoms with E-state index in [2.05, 4.69) is 26.1 Å². The third kappa shape index (κ3) is 5.88. The van der Waals surface area contributed by atoms with Crippen LogP contribution in [0.1, 0.15) is 50.9 Å². The Morgan fingerprint density at radius 3 is 2.32 bits per heavy atom. The molecule has 0 aliphatic heterocycles. The van der Waals surface area contributed by atoms with Gasteiger partial charge in [-0.05, 0) is 36.1 Å². The fourth-order valence-electron chi connectivity index (χ4n) is 1.99. The Bertz CT molecular complexity index is 404. The van der Waals surface area contributed by atoms with Crippen LogP contribution in [0, 0.1) is 5.41 Å². The van der Waals surface area contributed by atoms with Crippen LogP contribution in [0.25, 0.3) is 0 Å². The lowest BCUT2D eigenvalue weighted by atomic mass is 9.89. The van der Waals surface area contributed by atoms with E-state index in [0.29, 0.717) is 13.0 Å². The molecule has 1 unspecified atom stereocenters. The molecule has 0 aromatic heterocycles. The Kier molecular flexibility index (Phi) is 5.55. The molecule has 0 heterocycles. The second-order valence-corrected chi connectivity index (χ2v) is 6.15. The van der Waals surface area contributed by atoms with Crippen molar-refractivity contribution in [3.05, 3.63) is 29.8 Å². The van der Waals surface area contributed by atoms with Crippen LogP contribution in [0.4, 0.5) is 5.69 Å². The molecule has 1 aromatic carbocycles. The second kappa shape index (κ2) is 6.71. The number of Topliss-reactive ketones (excluding diaryl/α,β-unsaturated/α-hetero) is 1. The summed E-state index contributed by atoms with van der Waals surface area (Å²) in [5.41, 5.74) is 1.79. The average Bonchev–Trinajstić information content (AvgIpc) is 2.34. The van der Waals surface area contributed by atoms with Gasteiger partial charge in [-0.15, -0.1) is 0 Å². The summed E-state index contributed by atoms with van der Waals surface area (Å²) in [5, 5.41) is 13.1. The number of anilines is 1. The maximum absolute atomic E-state index is 11.5. The molecule has 19 heavy (non-hydrogen) atoms. The topological polar surface area (TPSA) is 49.3 Å². The molecule has 1 rings (SSSR count). The molecule has 1 aromatic rings. The van der Waals surface area contributed by atoms with E-state index in [4.69, 9.17) is 0 Å². The van der Waals surface area contributed by atoms with Gasteiger partial charge >= 0.3 is 0 Å². The SMILES string of the molecule is CCC(=O)c1ccc(NCC(O)CC(C)(C)C)cc1. The van der Waals surface area contributed by atoms with E-state index in [1.54, 1.807) is 0 Å². The molecule has 0 aliphatic rings. The fourth-order valence-corrected chi connectivity index (χ4v) is 1.99. The van der Waals surface area contributed by atoms with E-state index in [1.807, 2.05) is 31.2 Å². The highest BCUT2D eigenvalue weighted by Gasteiger charge is 2.16. The van der Waals surface area contributed by atoms with Crippen LogP contribution in [0.15, 0.2) is 24.3 Å². The first-order valence-corrected chi connectivity index (χ1v) is 6.87. The number of benzene rings is 1. The molecule has 0 aliphatic carbocycles. The van der Waals surface area contributed by atoms with E-state index in [9.17, 15) is 9.90 Å². The van der Waals surface area contributed by atoms with E-state index < -0.39 is 0 Å². The van der Waals surface area contributed by atoms with Crippen molar-refractivity contribution in [3.63, 3.8) is 0 Å². The quantitative estimate of drug-likeness (QED) is 0.772. The highest BCUT2D eigenvalue weighted by molar-refractivity contribution is 5.96. The van der Waals surface area contributed by atoms with Crippen molar-refractivity contribution in [3.8, 4) is 0 Å². The number of hydrogen-bond acceptors (Lipinski definition) is 3. The van der Waals surface area contributed by atoms with E-state index in [0.717, 1.165) is 17.7 Å². The zero-order valence-electron chi connectivity index (χ0n) is 12.4. The standard InChI is InChI=1S/C16H25NO2/c1-5-15(19)12-6-8-13(9-7-12)17-11-14(18)10-16(2,3)4/h6-9,14,17-18H,5,10-11H2,1-4H3. The molecule has 0 amide bonds. The lowest BCUT2D eigenvalue weighted by Crippen LogP contribution is -2.25. The van der Waals surface area contributed by atoms with Gasteiger partial charge in [-0.25, -0.2) is 0 Å². The highest BCUT2D eigenvalue weighted by Crippen LogP contribution is 2.21. The molecule has 1 atom stereocenters. The maximum atomic E-state index is 11.5. The van der Waals surface area contributed by atoms with Crippen molar-refractivity contribution in [1.82, 2.24) is 0 Å². The summed E-state index contributed by atoms with van der Waals surface area (Å²) in [7, 11) is 0. The van der Waals surface area contributed by atoms with Crippen LogP contribution >= 0.6 is 0 Å². The zero-order valence-corrected chi connectivity index (χ0v) is 12.4. The fraction of sp³-hybridized carbons (Fsp3) is 0.562. The summed E-state index contributed by atoms with van der Waals surface area (Å²) in [6.07, 6.45) is 0.917. The lowest BCUT2D eigenvalue weighted by Gasteiger charge is -2.22. The third-order valence-electron chi connectivity index (χ3n) is 2.92. The lowest BCUT2D eigenvalue weighted by molar-refractivity contribution is 0.0988. The van der Waals surface area contributed by atoms with Crippen molar-refractivity contribution >= 4 is 11.5 Å². The number of carbonyl (C=O) groups excluding carboxylic acids is 1. The summed E-state index contributed by atoms with van der Waals surface area (Å²) in [6, 6.07) is 7.41. The molecule has 0 fully saturated rings. The van der Waals surface area contributed by atoms with E-state index >= 15 is 0 Å². The van der Waals surface area contributed by atoms with Crippen molar-refractivity contribution in [2.45, 2.75) is 46.6 Å². The average molecular weight is 263 g/mol. The molecule has 106 valence electrons. The molecule has 0 saturated carbocycles. The van der Waals surface area contributed by atoms with Gasteiger partial charge in [0, 0.05) is 24.2 Å².